The molecule has 5 nitrogen and oxygen atoms in total. The predicted molar refractivity (Wildman–Crippen MR) is 89.1 cm³/mol. The van der Waals surface area contributed by atoms with Crippen molar-refractivity contribution in [1.82, 2.24) is 20.6 Å². The summed E-state index contributed by atoms with van der Waals surface area (Å²) in [6, 6.07) is 7.90. The van der Waals surface area contributed by atoms with Crippen molar-refractivity contribution >= 4 is 5.91 Å². The number of carbonyl (C=O) groups excluding carboxylic acids is 1. The standard InChI is InChI=1S/C18H22N4O/c1-13-9-21-17(11-20-13)12-22-18(23)16-4-2-14(3-5-16)8-15-6-7-19-10-15/h2-5,9,11,15,19H,6-8,10,12H2,1H3,(H,22,23). The highest BCUT2D eigenvalue weighted by Crippen LogP contribution is 2.15. The molecular formula is C18H22N4O. The van der Waals surface area contributed by atoms with Gasteiger partial charge in [0.05, 0.1) is 24.1 Å². The average Bonchev–Trinajstić information content (AvgIpc) is 3.08. The summed E-state index contributed by atoms with van der Waals surface area (Å²) in [5.74, 6) is 0.635. The summed E-state index contributed by atoms with van der Waals surface area (Å²) in [7, 11) is 0. The molecule has 1 aromatic carbocycles. The first-order valence-electron chi connectivity index (χ1n) is 8.06. The maximum Gasteiger partial charge on any atom is 0.251 e. The minimum Gasteiger partial charge on any atom is -0.346 e. The van der Waals surface area contributed by atoms with Crippen LogP contribution in [0.3, 0.4) is 0 Å². The molecule has 2 heterocycles. The third-order valence-corrected chi connectivity index (χ3v) is 4.17. The SMILES string of the molecule is Cc1cnc(CNC(=O)c2ccc(CC3CCNC3)cc2)cn1. The van der Waals surface area contributed by atoms with Crippen molar-refractivity contribution in [3.8, 4) is 0 Å². The molecule has 0 aliphatic carbocycles. The largest absolute Gasteiger partial charge is 0.346 e. The van der Waals surface area contributed by atoms with Crippen molar-refractivity contribution in [1.29, 1.82) is 0 Å². The van der Waals surface area contributed by atoms with Gasteiger partial charge < -0.3 is 10.6 Å². The van der Waals surface area contributed by atoms with Crippen molar-refractivity contribution in [3.63, 3.8) is 0 Å². The lowest BCUT2D eigenvalue weighted by molar-refractivity contribution is 0.0950. The fourth-order valence-electron chi connectivity index (χ4n) is 2.80. The second kappa shape index (κ2) is 7.33. The molecule has 0 spiro atoms. The molecule has 23 heavy (non-hydrogen) atoms. The molecule has 1 atom stereocenters. The molecule has 0 saturated carbocycles. The van der Waals surface area contributed by atoms with Gasteiger partial charge in [0.2, 0.25) is 0 Å². The number of nitrogens with one attached hydrogen (secondary N) is 2. The molecule has 120 valence electrons. The Morgan fingerprint density at radius 1 is 1.26 bits per heavy atom. The van der Waals surface area contributed by atoms with E-state index in [0.29, 0.717) is 12.1 Å². The Labute approximate surface area is 136 Å². The van der Waals surface area contributed by atoms with Gasteiger partial charge in [-0.15, -0.1) is 0 Å². The molecule has 0 radical (unpaired) electrons. The van der Waals surface area contributed by atoms with Crippen LogP contribution in [0.25, 0.3) is 0 Å². The van der Waals surface area contributed by atoms with Crippen LogP contribution in [0.2, 0.25) is 0 Å². The topological polar surface area (TPSA) is 66.9 Å². The Morgan fingerprint density at radius 2 is 2.09 bits per heavy atom. The average molecular weight is 310 g/mol. The van der Waals surface area contributed by atoms with E-state index in [1.54, 1.807) is 12.4 Å². The van der Waals surface area contributed by atoms with Crippen molar-refractivity contribution in [2.75, 3.05) is 13.1 Å². The van der Waals surface area contributed by atoms with E-state index in [2.05, 4.69) is 32.7 Å². The van der Waals surface area contributed by atoms with Gasteiger partial charge in [-0.2, -0.15) is 0 Å². The van der Waals surface area contributed by atoms with E-state index in [9.17, 15) is 4.79 Å². The Bertz CT molecular complexity index is 646. The lowest BCUT2D eigenvalue weighted by Crippen LogP contribution is -2.23. The van der Waals surface area contributed by atoms with Gasteiger partial charge in [-0.3, -0.25) is 14.8 Å². The van der Waals surface area contributed by atoms with Crippen molar-refractivity contribution in [3.05, 3.63) is 59.2 Å². The molecular weight excluding hydrogens is 288 g/mol. The second-order valence-corrected chi connectivity index (χ2v) is 6.09. The Morgan fingerprint density at radius 3 is 2.74 bits per heavy atom. The highest BCUT2D eigenvalue weighted by atomic mass is 16.1. The minimum absolute atomic E-state index is 0.0820. The maximum absolute atomic E-state index is 12.2. The first-order valence-corrected chi connectivity index (χ1v) is 8.06. The molecule has 1 aliphatic rings. The number of rotatable bonds is 5. The first kappa shape index (κ1) is 15.6. The lowest BCUT2D eigenvalue weighted by Gasteiger charge is -2.09. The van der Waals surface area contributed by atoms with Crippen LogP contribution in [0.4, 0.5) is 0 Å². The highest BCUT2D eigenvalue weighted by Gasteiger charge is 2.15. The fourth-order valence-corrected chi connectivity index (χ4v) is 2.80. The van der Waals surface area contributed by atoms with Crippen LogP contribution in [0.5, 0.6) is 0 Å². The second-order valence-electron chi connectivity index (χ2n) is 6.09. The number of aryl methyl sites for hydroxylation is 1. The van der Waals surface area contributed by atoms with Gasteiger partial charge in [0, 0.05) is 11.8 Å². The Hall–Kier alpha value is -2.27. The molecule has 5 heteroatoms. The van der Waals surface area contributed by atoms with E-state index in [0.717, 1.165) is 36.8 Å². The number of carbonyl (C=O) groups is 1. The van der Waals surface area contributed by atoms with E-state index in [1.807, 2.05) is 19.1 Å². The van der Waals surface area contributed by atoms with Crippen LogP contribution in [0, 0.1) is 12.8 Å². The summed E-state index contributed by atoms with van der Waals surface area (Å²) in [6.45, 7) is 4.49. The van der Waals surface area contributed by atoms with Crippen LogP contribution in [-0.4, -0.2) is 29.0 Å². The van der Waals surface area contributed by atoms with Gasteiger partial charge in [-0.05, 0) is 56.5 Å². The number of hydrogen-bond donors (Lipinski definition) is 2. The van der Waals surface area contributed by atoms with Crippen LogP contribution in [0.1, 0.15) is 33.7 Å². The monoisotopic (exact) mass is 310 g/mol. The fraction of sp³-hybridized carbons (Fsp3) is 0.389. The molecule has 3 rings (SSSR count). The molecule has 1 amide bonds. The van der Waals surface area contributed by atoms with E-state index in [-0.39, 0.29) is 5.91 Å². The van der Waals surface area contributed by atoms with Gasteiger partial charge in [0.1, 0.15) is 0 Å². The summed E-state index contributed by atoms with van der Waals surface area (Å²) in [5, 5.41) is 6.26. The third-order valence-electron chi connectivity index (χ3n) is 4.17. The third kappa shape index (κ3) is 4.36. The van der Waals surface area contributed by atoms with Crippen molar-refractivity contribution in [2.45, 2.75) is 26.3 Å². The lowest BCUT2D eigenvalue weighted by atomic mass is 9.98. The summed E-state index contributed by atoms with van der Waals surface area (Å²) in [4.78, 5) is 20.6. The van der Waals surface area contributed by atoms with Crippen LogP contribution in [0.15, 0.2) is 36.7 Å². The maximum atomic E-state index is 12.2. The van der Waals surface area contributed by atoms with Gasteiger partial charge in [0.15, 0.2) is 0 Å². The van der Waals surface area contributed by atoms with E-state index < -0.39 is 0 Å². The number of benzene rings is 1. The minimum atomic E-state index is -0.0820. The van der Waals surface area contributed by atoms with Gasteiger partial charge in [-0.25, -0.2) is 0 Å². The number of aromatic nitrogens is 2. The van der Waals surface area contributed by atoms with Gasteiger partial charge in [-0.1, -0.05) is 12.1 Å². The Kier molecular flexibility index (Phi) is 4.98. The van der Waals surface area contributed by atoms with Crippen LogP contribution in [-0.2, 0) is 13.0 Å². The van der Waals surface area contributed by atoms with E-state index in [4.69, 9.17) is 0 Å². The summed E-state index contributed by atoms with van der Waals surface area (Å²) in [6.07, 6.45) is 5.70. The van der Waals surface area contributed by atoms with E-state index in [1.165, 1.54) is 12.0 Å². The molecule has 2 aromatic rings. The van der Waals surface area contributed by atoms with Crippen LogP contribution >= 0.6 is 0 Å². The predicted octanol–water partition coefficient (Wildman–Crippen LogP) is 1.87. The summed E-state index contributed by atoms with van der Waals surface area (Å²) < 4.78 is 0. The molecule has 1 aromatic heterocycles. The van der Waals surface area contributed by atoms with Crippen molar-refractivity contribution < 1.29 is 4.79 Å². The smallest absolute Gasteiger partial charge is 0.251 e. The number of hydrogen-bond acceptors (Lipinski definition) is 4. The van der Waals surface area contributed by atoms with Crippen molar-refractivity contribution in [2.24, 2.45) is 5.92 Å². The van der Waals surface area contributed by atoms with Gasteiger partial charge >= 0.3 is 0 Å². The quantitative estimate of drug-likeness (QED) is 0.885. The van der Waals surface area contributed by atoms with E-state index >= 15 is 0 Å². The zero-order valence-corrected chi connectivity index (χ0v) is 13.4. The normalized spacial score (nSPS) is 17.2. The summed E-state index contributed by atoms with van der Waals surface area (Å²) >= 11 is 0. The molecule has 1 aliphatic heterocycles. The zero-order valence-electron chi connectivity index (χ0n) is 13.4. The number of nitrogens with zero attached hydrogens (tertiary/aromatic N) is 2. The molecule has 1 fully saturated rings. The number of amides is 1. The molecule has 1 unspecified atom stereocenters. The summed E-state index contributed by atoms with van der Waals surface area (Å²) in [5.41, 5.74) is 3.60. The molecule has 1 saturated heterocycles. The van der Waals surface area contributed by atoms with Gasteiger partial charge in [0.25, 0.3) is 5.91 Å². The molecule has 0 bridgehead atoms. The highest BCUT2D eigenvalue weighted by molar-refractivity contribution is 5.94. The van der Waals surface area contributed by atoms with Crippen LogP contribution < -0.4 is 10.6 Å². The first-order chi connectivity index (χ1) is 11.2. The Balaban J connectivity index is 1.53. The zero-order chi connectivity index (χ0) is 16.1. The molecule has 2 N–H and O–H groups in total.